The smallest absolute Gasteiger partial charge is 0.0991 e. The van der Waals surface area contributed by atoms with Crippen LogP contribution >= 0.6 is 0 Å². The van der Waals surface area contributed by atoms with E-state index in [9.17, 15) is 0 Å². The third-order valence-electron chi connectivity index (χ3n) is 2.51. The Hall–Kier alpha value is -2.11. The van der Waals surface area contributed by atoms with Gasteiger partial charge in [-0.3, -0.25) is 0 Å². The van der Waals surface area contributed by atoms with Crippen LogP contribution < -0.4 is 5.73 Å². The highest BCUT2D eigenvalue weighted by Gasteiger charge is 1.98. The minimum absolute atomic E-state index is 0.546. The van der Waals surface area contributed by atoms with Crippen molar-refractivity contribution < 1.29 is 0 Å². The van der Waals surface area contributed by atoms with Crippen molar-refractivity contribution in [1.82, 2.24) is 0 Å². The normalized spacial score (nSPS) is 9.75. The van der Waals surface area contributed by atoms with Gasteiger partial charge in [0.15, 0.2) is 0 Å². The van der Waals surface area contributed by atoms with Crippen LogP contribution in [0.2, 0.25) is 0 Å². The lowest BCUT2D eigenvalue weighted by atomic mass is 10.0. The molecule has 0 amide bonds. The van der Waals surface area contributed by atoms with Crippen LogP contribution in [0, 0.1) is 11.3 Å². The van der Waals surface area contributed by atoms with E-state index < -0.39 is 0 Å². The maximum absolute atomic E-state index is 8.71. The van der Waals surface area contributed by atoms with Crippen molar-refractivity contribution in [1.29, 1.82) is 5.26 Å². The zero-order valence-electron chi connectivity index (χ0n) is 8.85. The molecule has 0 spiro atoms. The number of nitrogens with zero attached hydrogens (tertiary/aromatic N) is 1. The SMILES string of the molecule is N#Cc1ccc(-c2cccc(CN)c2)cc1. The molecule has 0 unspecified atom stereocenters. The molecule has 0 saturated carbocycles. The van der Waals surface area contributed by atoms with Crippen LogP contribution in [0.5, 0.6) is 0 Å². The Balaban J connectivity index is 2.39. The highest BCUT2D eigenvalue weighted by molar-refractivity contribution is 5.64. The third kappa shape index (κ3) is 2.10. The van der Waals surface area contributed by atoms with Gasteiger partial charge >= 0.3 is 0 Å². The van der Waals surface area contributed by atoms with E-state index >= 15 is 0 Å². The van der Waals surface area contributed by atoms with Gasteiger partial charge < -0.3 is 5.73 Å². The molecule has 2 nitrogen and oxygen atoms in total. The van der Waals surface area contributed by atoms with Gasteiger partial charge in [-0.15, -0.1) is 0 Å². The van der Waals surface area contributed by atoms with E-state index in [2.05, 4.69) is 12.1 Å². The van der Waals surface area contributed by atoms with Crippen molar-refractivity contribution >= 4 is 0 Å². The number of rotatable bonds is 2. The molecular formula is C14H12N2. The first-order valence-electron chi connectivity index (χ1n) is 5.13. The first-order valence-corrected chi connectivity index (χ1v) is 5.13. The average Bonchev–Trinajstić information content (AvgIpc) is 2.39. The number of hydrogen-bond donors (Lipinski definition) is 1. The van der Waals surface area contributed by atoms with Crippen molar-refractivity contribution in [3.8, 4) is 17.2 Å². The van der Waals surface area contributed by atoms with E-state index in [4.69, 9.17) is 11.0 Å². The van der Waals surface area contributed by atoms with E-state index in [0.29, 0.717) is 12.1 Å². The van der Waals surface area contributed by atoms with Crippen molar-refractivity contribution in [2.45, 2.75) is 6.54 Å². The van der Waals surface area contributed by atoms with E-state index in [0.717, 1.165) is 16.7 Å². The molecule has 2 aromatic rings. The molecule has 2 rings (SSSR count). The fourth-order valence-electron chi connectivity index (χ4n) is 1.62. The lowest BCUT2D eigenvalue weighted by Gasteiger charge is -2.03. The molecule has 2 N–H and O–H groups in total. The maximum atomic E-state index is 8.71. The van der Waals surface area contributed by atoms with Crippen LogP contribution in [-0.4, -0.2) is 0 Å². The van der Waals surface area contributed by atoms with Gasteiger partial charge in [0.05, 0.1) is 11.6 Å². The molecule has 2 aromatic carbocycles. The fourth-order valence-corrected chi connectivity index (χ4v) is 1.62. The Kier molecular flexibility index (Phi) is 3.00. The summed E-state index contributed by atoms with van der Waals surface area (Å²) in [6.45, 7) is 0.546. The Morgan fingerprint density at radius 1 is 1.00 bits per heavy atom. The summed E-state index contributed by atoms with van der Waals surface area (Å²) in [5, 5.41) is 8.71. The summed E-state index contributed by atoms with van der Waals surface area (Å²) in [6.07, 6.45) is 0. The first-order chi connectivity index (χ1) is 7.83. The van der Waals surface area contributed by atoms with Crippen LogP contribution in [0.25, 0.3) is 11.1 Å². The predicted molar refractivity (Wildman–Crippen MR) is 64.5 cm³/mol. The van der Waals surface area contributed by atoms with Crippen LogP contribution in [-0.2, 0) is 6.54 Å². The van der Waals surface area contributed by atoms with Crippen LogP contribution in [0.1, 0.15) is 11.1 Å². The topological polar surface area (TPSA) is 49.8 Å². The monoisotopic (exact) mass is 208 g/mol. The molecule has 0 fully saturated rings. The first kappa shape index (κ1) is 10.4. The lowest BCUT2D eigenvalue weighted by Crippen LogP contribution is -1.95. The Morgan fingerprint density at radius 2 is 1.75 bits per heavy atom. The summed E-state index contributed by atoms with van der Waals surface area (Å²) in [5.41, 5.74) is 9.63. The second-order valence-electron chi connectivity index (χ2n) is 3.59. The zero-order valence-corrected chi connectivity index (χ0v) is 8.85. The minimum atomic E-state index is 0.546. The summed E-state index contributed by atoms with van der Waals surface area (Å²) >= 11 is 0. The summed E-state index contributed by atoms with van der Waals surface area (Å²) in [4.78, 5) is 0. The molecule has 16 heavy (non-hydrogen) atoms. The molecule has 0 aliphatic carbocycles. The van der Waals surface area contributed by atoms with Crippen molar-refractivity contribution in [2.24, 2.45) is 5.73 Å². The number of hydrogen-bond acceptors (Lipinski definition) is 2. The van der Waals surface area contributed by atoms with Gasteiger partial charge in [0.1, 0.15) is 0 Å². The molecule has 2 heteroatoms. The number of benzene rings is 2. The predicted octanol–water partition coefficient (Wildman–Crippen LogP) is 2.68. The maximum Gasteiger partial charge on any atom is 0.0991 e. The van der Waals surface area contributed by atoms with Gasteiger partial charge in [-0.1, -0.05) is 30.3 Å². The molecule has 0 radical (unpaired) electrons. The van der Waals surface area contributed by atoms with Crippen LogP contribution in [0.4, 0.5) is 0 Å². The molecule has 0 saturated heterocycles. The molecule has 0 aliphatic heterocycles. The van der Waals surface area contributed by atoms with E-state index in [1.807, 2.05) is 42.5 Å². The Morgan fingerprint density at radius 3 is 2.38 bits per heavy atom. The molecule has 0 atom stereocenters. The van der Waals surface area contributed by atoms with Gasteiger partial charge in [-0.25, -0.2) is 0 Å². The van der Waals surface area contributed by atoms with Crippen molar-refractivity contribution in [3.63, 3.8) is 0 Å². The van der Waals surface area contributed by atoms with Gasteiger partial charge in [-0.05, 0) is 34.9 Å². The summed E-state index contributed by atoms with van der Waals surface area (Å²) in [5.74, 6) is 0. The Bertz CT molecular complexity index is 521. The molecular weight excluding hydrogens is 196 g/mol. The highest BCUT2D eigenvalue weighted by atomic mass is 14.5. The summed E-state index contributed by atoms with van der Waals surface area (Å²) < 4.78 is 0. The second-order valence-corrected chi connectivity index (χ2v) is 3.59. The van der Waals surface area contributed by atoms with Gasteiger partial charge in [0.25, 0.3) is 0 Å². The molecule has 0 aliphatic rings. The van der Waals surface area contributed by atoms with E-state index in [1.54, 1.807) is 0 Å². The van der Waals surface area contributed by atoms with E-state index in [-0.39, 0.29) is 0 Å². The van der Waals surface area contributed by atoms with E-state index in [1.165, 1.54) is 0 Å². The fraction of sp³-hybridized carbons (Fsp3) is 0.0714. The summed E-state index contributed by atoms with van der Waals surface area (Å²) in [6, 6.07) is 17.8. The van der Waals surface area contributed by atoms with Gasteiger partial charge in [-0.2, -0.15) is 5.26 Å². The third-order valence-corrected chi connectivity index (χ3v) is 2.51. The van der Waals surface area contributed by atoms with Gasteiger partial charge in [0, 0.05) is 6.54 Å². The van der Waals surface area contributed by atoms with Crippen molar-refractivity contribution in [3.05, 3.63) is 59.7 Å². The Labute approximate surface area is 95.0 Å². The van der Waals surface area contributed by atoms with Crippen LogP contribution in [0.15, 0.2) is 48.5 Å². The summed E-state index contributed by atoms with van der Waals surface area (Å²) in [7, 11) is 0. The quantitative estimate of drug-likeness (QED) is 0.824. The molecule has 0 aromatic heterocycles. The highest BCUT2D eigenvalue weighted by Crippen LogP contribution is 2.20. The molecule has 78 valence electrons. The van der Waals surface area contributed by atoms with Gasteiger partial charge in [0.2, 0.25) is 0 Å². The van der Waals surface area contributed by atoms with Crippen molar-refractivity contribution in [2.75, 3.05) is 0 Å². The standard InChI is InChI=1S/C14H12N2/c15-9-11-4-6-13(7-5-11)14-3-1-2-12(8-14)10-16/h1-8H,10,16H2. The molecule has 0 bridgehead atoms. The minimum Gasteiger partial charge on any atom is -0.326 e. The second kappa shape index (κ2) is 4.61. The lowest BCUT2D eigenvalue weighted by molar-refractivity contribution is 1.07. The molecule has 0 heterocycles. The number of nitriles is 1. The zero-order chi connectivity index (χ0) is 11.4. The van der Waals surface area contributed by atoms with Crippen LogP contribution in [0.3, 0.4) is 0 Å². The number of nitrogens with two attached hydrogens (primary N) is 1. The average molecular weight is 208 g/mol. The largest absolute Gasteiger partial charge is 0.326 e.